The Hall–Kier alpha value is -4.41. The van der Waals surface area contributed by atoms with Crippen LogP contribution in [-0.2, 0) is 9.53 Å². The van der Waals surface area contributed by atoms with Crippen LogP contribution in [0.5, 0.6) is 5.75 Å². The average molecular weight is 607 g/mol. The number of aromatic carboxylic acids is 1. The highest BCUT2D eigenvalue weighted by Crippen LogP contribution is 2.36. The number of carboxylic acid groups (broad SMARTS) is 1. The number of esters is 1. The molecule has 11 heteroatoms. The van der Waals surface area contributed by atoms with Gasteiger partial charge in [-0.2, -0.15) is 0 Å². The second kappa shape index (κ2) is 11.8. The Kier molecular flexibility index (Phi) is 8.20. The van der Waals surface area contributed by atoms with Gasteiger partial charge in [-0.25, -0.2) is 14.6 Å². The van der Waals surface area contributed by atoms with Gasteiger partial charge < -0.3 is 19.0 Å². The summed E-state index contributed by atoms with van der Waals surface area (Å²) in [6.45, 7) is 7.41. The number of halogens is 1. The lowest BCUT2D eigenvalue weighted by Gasteiger charge is -2.26. The Morgan fingerprint density at radius 3 is 2.67 bits per heavy atom. The lowest BCUT2D eigenvalue weighted by atomic mass is 9.95. The number of rotatable bonds is 8. The van der Waals surface area contributed by atoms with Crippen molar-refractivity contribution in [2.75, 3.05) is 6.61 Å². The number of benzene rings is 2. The molecule has 1 aliphatic rings. The molecule has 1 atom stereocenters. The van der Waals surface area contributed by atoms with Crippen LogP contribution < -0.4 is 19.6 Å². The fourth-order valence-corrected chi connectivity index (χ4v) is 5.94. The van der Waals surface area contributed by atoms with Gasteiger partial charge >= 0.3 is 11.9 Å². The molecule has 0 spiro atoms. The lowest BCUT2D eigenvalue weighted by molar-refractivity contribution is -0.139. The minimum Gasteiger partial charge on any atom is -0.491 e. The number of nitrogens with zero attached hydrogens (tertiary/aromatic N) is 2. The largest absolute Gasteiger partial charge is 0.491 e. The Balaban J connectivity index is 1.64. The van der Waals surface area contributed by atoms with E-state index in [0.717, 1.165) is 0 Å². The molecule has 9 nitrogen and oxygen atoms in total. The number of para-hydroxylation sites is 1. The highest BCUT2D eigenvalue weighted by atomic mass is 35.5. The summed E-state index contributed by atoms with van der Waals surface area (Å²) >= 11 is 7.17. The Morgan fingerprint density at radius 2 is 1.95 bits per heavy atom. The summed E-state index contributed by atoms with van der Waals surface area (Å²) in [6.07, 6.45) is 1.46. The van der Waals surface area contributed by atoms with Crippen LogP contribution >= 0.6 is 22.9 Å². The van der Waals surface area contributed by atoms with Crippen LogP contribution in [0, 0.1) is 0 Å². The standard InChI is InChI=1S/C31H27ClN2O7S/c1-5-39-30(38)26-17(4)33-31-34(27(26)20-8-6-7-9-24(20)40-16(2)3)28(35)25(42-31)15-19-11-13-23(41-19)18-10-12-22(32)21(14-18)29(36)37/h6-16,27H,5H2,1-4H3,(H,36,37)/b25-15-/t27-/m0/s1. The summed E-state index contributed by atoms with van der Waals surface area (Å²) in [5.41, 5.74) is 1.45. The molecule has 0 fully saturated rings. The van der Waals surface area contributed by atoms with Crippen molar-refractivity contribution in [2.45, 2.75) is 39.8 Å². The molecule has 0 saturated heterocycles. The number of aromatic nitrogens is 1. The smallest absolute Gasteiger partial charge is 0.338 e. The topological polar surface area (TPSA) is 120 Å². The van der Waals surface area contributed by atoms with Gasteiger partial charge in [0.15, 0.2) is 4.80 Å². The first-order valence-corrected chi connectivity index (χ1v) is 14.4. The number of carboxylic acids is 1. The van der Waals surface area contributed by atoms with E-state index in [1.165, 1.54) is 28.0 Å². The minimum absolute atomic E-state index is 0.0464. The number of fused-ring (bicyclic) bond motifs is 1. The molecule has 0 unspecified atom stereocenters. The molecule has 4 aromatic rings. The third kappa shape index (κ3) is 5.55. The predicted octanol–water partition coefficient (Wildman–Crippen LogP) is 5.20. The molecule has 2 aromatic carbocycles. The third-order valence-corrected chi connectivity index (χ3v) is 7.79. The summed E-state index contributed by atoms with van der Waals surface area (Å²) in [5.74, 6) is -0.378. The van der Waals surface area contributed by atoms with Gasteiger partial charge in [0.1, 0.15) is 23.3 Å². The van der Waals surface area contributed by atoms with Crippen molar-refractivity contribution >= 4 is 41.0 Å². The Morgan fingerprint density at radius 1 is 1.19 bits per heavy atom. The van der Waals surface area contributed by atoms with Gasteiger partial charge in [0.2, 0.25) is 0 Å². The Bertz CT molecular complexity index is 1920. The number of ether oxygens (including phenoxy) is 2. The number of hydrogen-bond acceptors (Lipinski definition) is 8. The van der Waals surface area contributed by atoms with Gasteiger partial charge in [0.05, 0.1) is 39.1 Å². The summed E-state index contributed by atoms with van der Waals surface area (Å²) < 4.78 is 19.2. The molecular weight excluding hydrogens is 580 g/mol. The summed E-state index contributed by atoms with van der Waals surface area (Å²) in [5, 5.41) is 9.52. The van der Waals surface area contributed by atoms with E-state index in [2.05, 4.69) is 4.99 Å². The monoisotopic (exact) mass is 606 g/mol. The van der Waals surface area contributed by atoms with E-state index in [1.54, 1.807) is 44.2 Å². The molecule has 1 N–H and O–H groups in total. The quantitative estimate of drug-likeness (QED) is 0.274. The van der Waals surface area contributed by atoms with Crippen LogP contribution in [0.2, 0.25) is 5.02 Å². The molecule has 0 saturated carbocycles. The average Bonchev–Trinajstić information content (AvgIpc) is 3.52. The maximum atomic E-state index is 13.9. The van der Waals surface area contributed by atoms with Crippen molar-refractivity contribution in [3.63, 3.8) is 0 Å². The molecule has 0 amide bonds. The van der Waals surface area contributed by atoms with Gasteiger partial charge in [0, 0.05) is 17.2 Å². The second-order valence-corrected chi connectivity index (χ2v) is 11.1. The van der Waals surface area contributed by atoms with Crippen LogP contribution in [0.15, 0.2) is 80.1 Å². The number of furan rings is 1. The van der Waals surface area contributed by atoms with Crippen LogP contribution in [0.4, 0.5) is 0 Å². The van der Waals surface area contributed by atoms with E-state index in [1.807, 2.05) is 32.0 Å². The second-order valence-electron chi connectivity index (χ2n) is 9.71. The number of allylic oxidation sites excluding steroid dienone is 1. The first kappa shape index (κ1) is 29.1. The van der Waals surface area contributed by atoms with Gasteiger partial charge in [-0.3, -0.25) is 9.36 Å². The lowest BCUT2D eigenvalue weighted by Crippen LogP contribution is -2.40. The predicted molar refractivity (Wildman–Crippen MR) is 159 cm³/mol. The molecule has 5 rings (SSSR count). The first-order chi connectivity index (χ1) is 20.1. The number of carbonyl (C=O) groups excluding carboxylic acids is 1. The number of carbonyl (C=O) groups is 2. The number of thiazole rings is 1. The van der Waals surface area contributed by atoms with Crippen LogP contribution in [-0.4, -0.2) is 34.3 Å². The fraction of sp³-hybridized carbons (Fsp3) is 0.226. The maximum absolute atomic E-state index is 13.9. The normalized spacial score (nSPS) is 15.0. The molecular formula is C31H27ClN2O7S. The molecule has 1 aliphatic heterocycles. The fourth-order valence-electron chi connectivity index (χ4n) is 4.71. The maximum Gasteiger partial charge on any atom is 0.338 e. The third-order valence-electron chi connectivity index (χ3n) is 6.47. The zero-order valence-corrected chi connectivity index (χ0v) is 24.8. The first-order valence-electron chi connectivity index (χ1n) is 13.2. The molecule has 3 heterocycles. The van der Waals surface area contributed by atoms with Gasteiger partial charge in [-0.05, 0) is 64.1 Å². The van der Waals surface area contributed by atoms with Crippen molar-refractivity contribution in [1.29, 1.82) is 0 Å². The van der Waals surface area contributed by atoms with Gasteiger partial charge in [0.25, 0.3) is 5.56 Å². The summed E-state index contributed by atoms with van der Waals surface area (Å²) in [6, 6.07) is 14.4. The van der Waals surface area contributed by atoms with E-state index in [4.69, 9.17) is 25.5 Å². The van der Waals surface area contributed by atoms with Crippen LogP contribution in [0.3, 0.4) is 0 Å². The van der Waals surface area contributed by atoms with E-state index in [-0.39, 0.29) is 34.4 Å². The zero-order chi connectivity index (χ0) is 30.1. The molecule has 0 aliphatic carbocycles. The number of hydrogen-bond donors (Lipinski definition) is 1. The molecule has 42 heavy (non-hydrogen) atoms. The van der Waals surface area contributed by atoms with E-state index >= 15 is 0 Å². The zero-order valence-electron chi connectivity index (χ0n) is 23.2. The van der Waals surface area contributed by atoms with Gasteiger partial charge in [-0.1, -0.05) is 41.1 Å². The molecule has 2 aromatic heterocycles. The van der Waals surface area contributed by atoms with Crippen molar-refractivity contribution in [3.8, 4) is 17.1 Å². The van der Waals surface area contributed by atoms with Crippen LogP contribution in [0.25, 0.3) is 17.4 Å². The molecule has 216 valence electrons. The summed E-state index contributed by atoms with van der Waals surface area (Å²) in [4.78, 5) is 43.7. The van der Waals surface area contributed by atoms with Gasteiger partial charge in [-0.15, -0.1) is 0 Å². The SMILES string of the molecule is CCOC(=O)C1=C(C)N=c2s/c(=C\c3ccc(-c4ccc(Cl)c(C(=O)O)c4)o3)c(=O)n2[C@H]1c1ccccc1OC(C)C. The van der Waals surface area contributed by atoms with Crippen molar-refractivity contribution in [3.05, 3.63) is 107 Å². The van der Waals surface area contributed by atoms with Crippen molar-refractivity contribution < 1.29 is 28.6 Å². The summed E-state index contributed by atoms with van der Waals surface area (Å²) in [7, 11) is 0. The Labute approximate surface area is 249 Å². The van der Waals surface area contributed by atoms with E-state index in [0.29, 0.717) is 43.4 Å². The highest BCUT2D eigenvalue weighted by Gasteiger charge is 2.35. The highest BCUT2D eigenvalue weighted by molar-refractivity contribution is 7.07. The van der Waals surface area contributed by atoms with Crippen molar-refractivity contribution in [2.24, 2.45) is 4.99 Å². The molecule has 0 bridgehead atoms. The molecule has 0 radical (unpaired) electrons. The van der Waals surface area contributed by atoms with Crippen LogP contribution in [0.1, 0.15) is 55.4 Å². The van der Waals surface area contributed by atoms with Crippen molar-refractivity contribution in [1.82, 2.24) is 4.57 Å². The minimum atomic E-state index is -1.15. The van der Waals surface area contributed by atoms with E-state index in [9.17, 15) is 19.5 Å². The van der Waals surface area contributed by atoms with E-state index < -0.39 is 18.0 Å².